The Morgan fingerprint density at radius 2 is 2.15 bits per heavy atom. The van der Waals surface area contributed by atoms with Crippen molar-refractivity contribution >= 4 is 17.5 Å². The second-order valence-corrected chi connectivity index (χ2v) is 5.44. The average Bonchev–Trinajstić information content (AvgIpc) is 2.47. The number of para-hydroxylation sites is 1. The zero-order chi connectivity index (χ0) is 13.9. The molecule has 0 saturated carbocycles. The van der Waals surface area contributed by atoms with Gasteiger partial charge in [0.15, 0.2) is 0 Å². The molecule has 1 saturated heterocycles. The Kier molecular flexibility index (Phi) is 3.69. The van der Waals surface area contributed by atoms with Crippen LogP contribution >= 0.6 is 0 Å². The van der Waals surface area contributed by atoms with Crippen molar-refractivity contribution in [1.29, 1.82) is 0 Å². The molecule has 2 aliphatic heterocycles. The van der Waals surface area contributed by atoms with Crippen LogP contribution in [0.4, 0.5) is 5.69 Å². The van der Waals surface area contributed by atoms with E-state index in [2.05, 4.69) is 16.0 Å². The molecular weight excluding hydrogens is 254 g/mol. The monoisotopic (exact) mass is 273 g/mol. The number of fused-ring (bicyclic) bond motifs is 1. The number of anilines is 1. The van der Waals surface area contributed by atoms with E-state index in [1.165, 1.54) is 0 Å². The zero-order valence-electron chi connectivity index (χ0n) is 11.3. The lowest BCUT2D eigenvalue weighted by Gasteiger charge is -2.29. The molecule has 0 radical (unpaired) electrons. The third-order valence-corrected chi connectivity index (χ3v) is 3.96. The molecule has 0 aromatic heterocycles. The van der Waals surface area contributed by atoms with Crippen molar-refractivity contribution in [3.8, 4) is 0 Å². The number of rotatable bonds is 2. The van der Waals surface area contributed by atoms with Gasteiger partial charge in [-0.3, -0.25) is 9.59 Å². The molecular formula is C15H19N3O2. The molecule has 3 rings (SSSR count). The molecule has 5 nitrogen and oxygen atoms in total. The van der Waals surface area contributed by atoms with Gasteiger partial charge in [0, 0.05) is 24.7 Å². The SMILES string of the molecule is O=C1CC(C(=O)NC2CCCNC2)c2ccccc2N1. The summed E-state index contributed by atoms with van der Waals surface area (Å²) < 4.78 is 0. The van der Waals surface area contributed by atoms with Crippen LogP contribution in [0, 0.1) is 0 Å². The lowest BCUT2D eigenvalue weighted by atomic mass is 9.89. The van der Waals surface area contributed by atoms with Gasteiger partial charge in [0.25, 0.3) is 0 Å². The summed E-state index contributed by atoms with van der Waals surface area (Å²) >= 11 is 0. The largest absolute Gasteiger partial charge is 0.352 e. The van der Waals surface area contributed by atoms with Gasteiger partial charge < -0.3 is 16.0 Å². The van der Waals surface area contributed by atoms with Gasteiger partial charge >= 0.3 is 0 Å². The average molecular weight is 273 g/mol. The van der Waals surface area contributed by atoms with Crippen molar-refractivity contribution in [3.63, 3.8) is 0 Å². The van der Waals surface area contributed by atoms with E-state index in [0.717, 1.165) is 37.2 Å². The van der Waals surface area contributed by atoms with Crippen molar-refractivity contribution in [1.82, 2.24) is 10.6 Å². The molecule has 2 amide bonds. The Balaban J connectivity index is 1.75. The molecule has 0 bridgehead atoms. The van der Waals surface area contributed by atoms with Crippen LogP contribution in [-0.2, 0) is 9.59 Å². The second-order valence-electron chi connectivity index (χ2n) is 5.44. The lowest BCUT2D eigenvalue weighted by Crippen LogP contribution is -2.47. The van der Waals surface area contributed by atoms with E-state index in [-0.39, 0.29) is 30.2 Å². The standard InChI is InChI=1S/C15H19N3O2/c19-14-8-12(11-5-1-2-6-13(11)18-14)15(20)17-10-4-3-7-16-9-10/h1-2,5-6,10,12,16H,3-4,7-9H2,(H,17,20)(H,18,19). The predicted octanol–water partition coefficient (Wildman–Crippen LogP) is 0.981. The van der Waals surface area contributed by atoms with Gasteiger partial charge in [0.2, 0.25) is 11.8 Å². The van der Waals surface area contributed by atoms with Gasteiger partial charge in [-0.05, 0) is 31.0 Å². The van der Waals surface area contributed by atoms with E-state index in [1.54, 1.807) is 0 Å². The number of hydrogen-bond acceptors (Lipinski definition) is 3. The van der Waals surface area contributed by atoms with Gasteiger partial charge in [0.05, 0.1) is 5.92 Å². The summed E-state index contributed by atoms with van der Waals surface area (Å²) in [6.07, 6.45) is 2.30. The fourth-order valence-electron chi connectivity index (χ4n) is 2.92. The number of amides is 2. The van der Waals surface area contributed by atoms with Crippen LogP contribution < -0.4 is 16.0 Å². The van der Waals surface area contributed by atoms with Crippen LogP contribution in [-0.4, -0.2) is 30.9 Å². The van der Waals surface area contributed by atoms with E-state index in [9.17, 15) is 9.59 Å². The van der Waals surface area contributed by atoms with Crippen molar-refractivity contribution in [2.45, 2.75) is 31.2 Å². The lowest BCUT2D eigenvalue weighted by molar-refractivity contribution is -0.127. The number of nitrogens with one attached hydrogen (secondary N) is 3. The smallest absolute Gasteiger partial charge is 0.228 e. The molecule has 2 heterocycles. The van der Waals surface area contributed by atoms with Crippen LogP contribution in [0.15, 0.2) is 24.3 Å². The maximum Gasteiger partial charge on any atom is 0.228 e. The maximum absolute atomic E-state index is 12.5. The fourth-order valence-corrected chi connectivity index (χ4v) is 2.92. The summed E-state index contributed by atoms with van der Waals surface area (Å²) in [5.41, 5.74) is 1.67. The molecule has 106 valence electrons. The summed E-state index contributed by atoms with van der Waals surface area (Å²) in [6, 6.07) is 7.70. The van der Waals surface area contributed by atoms with E-state index < -0.39 is 0 Å². The van der Waals surface area contributed by atoms with Crippen LogP contribution in [0.2, 0.25) is 0 Å². The molecule has 2 aliphatic rings. The first-order valence-electron chi connectivity index (χ1n) is 7.14. The predicted molar refractivity (Wildman–Crippen MR) is 76.5 cm³/mol. The topological polar surface area (TPSA) is 70.2 Å². The number of piperidine rings is 1. The quantitative estimate of drug-likeness (QED) is 0.752. The van der Waals surface area contributed by atoms with Crippen molar-refractivity contribution in [3.05, 3.63) is 29.8 Å². The molecule has 1 aromatic rings. The number of hydrogen-bond donors (Lipinski definition) is 3. The molecule has 3 N–H and O–H groups in total. The minimum absolute atomic E-state index is 0.0407. The van der Waals surface area contributed by atoms with Crippen LogP contribution in [0.1, 0.15) is 30.7 Å². The van der Waals surface area contributed by atoms with Crippen molar-refractivity contribution in [2.75, 3.05) is 18.4 Å². The molecule has 2 atom stereocenters. The van der Waals surface area contributed by atoms with Gasteiger partial charge in [-0.15, -0.1) is 0 Å². The normalized spacial score (nSPS) is 25.5. The highest BCUT2D eigenvalue weighted by Crippen LogP contribution is 2.32. The van der Waals surface area contributed by atoms with Crippen molar-refractivity contribution < 1.29 is 9.59 Å². The van der Waals surface area contributed by atoms with E-state index in [0.29, 0.717) is 0 Å². The number of carbonyl (C=O) groups is 2. The van der Waals surface area contributed by atoms with Crippen LogP contribution in [0.5, 0.6) is 0 Å². The number of carbonyl (C=O) groups excluding carboxylic acids is 2. The van der Waals surface area contributed by atoms with Gasteiger partial charge in [-0.2, -0.15) is 0 Å². The van der Waals surface area contributed by atoms with E-state index >= 15 is 0 Å². The second kappa shape index (κ2) is 5.63. The van der Waals surface area contributed by atoms with Gasteiger partial charge in [0.1, 0.15) is 0 Å². The van der Waals surface area contributed by atoms with Gasteiger partial charge in [-0.1, -0.05) is 18.2 Å². The molecule has 1 aromatic carbocycles. The van der Waals surface area contributed by atoms with Gasteiger partial charge in [-0.25, -0.2) is 0 Å². The maximum atomic E-state index is 12.5. The summed E-state index contributed by atoms with van der Waals surface area (Å²) in [4.78, 5) is 24.2. The third kappa shape index (κ3) is 2.67. The number of benzene rings is 1. The minimum Gasteiger partial charge on any atom is -0.352 e. The Labute approximate surface area is 118 Å². The minimum atomic E-state index is -0.373. The van der Waals surface area contributed by atoms with E-state index in [1.807, 2.05) is 24.3 Å². The fraction of sp³-hybridized carbons (Fsp3) is 0.467. The Morgan fingerprint density at radius 1 is 1.30 bits per heavy atom. The molecule has 20 heavy (non-hydrogen) atoms. The van der Waals surface area contributed by atoms with E-state index in [4.69, 9.17) is 0 Å². The van der Waals surface area contributed by atoms with Crippen LogP contribution in [0.25, 0.3) is 0 Å². The first kappa shape index (κ1) is 13.1. The van der Waals surface area contributed by atoms with Crippen LogP contribution in [0.3, 0.4) is 0 Å². The highest BCUT2D eigenvalue weighted by atomic mass is 16.2. The molecule has 2 unspecified atom stereocenters. The van der Waals surface area contributed by atoms with Crippen molar-refractivity contribution in [2.24, 2.45) is 0 Å². The highest BCUT2D eigenvalue weighted by Gasteiger charge is 2.31. The summed E-state index contributed by atoms with van der Waals surface area (Å²) in [7, 11) is 0. The summed E-state index contributed by atoms with van der Waals surface area (Å²) in [5, 5.41) is 9.16. The molecule has 5 heteroatoms. The molecule has 0 aliphatic carbocycles. The third-order valence-electron chi connectivity index (χ3n) is 3.96. The summed E-state index contributed by atoms with van der Waals surface area (Å²) in [6.45, 7) is 1.83. The summed E-state index contributed by atoms with van der Waals surface area (Å²) in [5.74, 6) is -0.506. The zero-order valence-corrected chi connectivity index (χ0v) is 11.3. The first-order valence-corrected chi connectivity index (χ1v) is 7.14. The Bertz CT molecular complexity index is 524. The Hall–Kier alpha value is -1.88. The molecule has 0 spiro atoms. The first-order chi connectivity index (χ1) is 9.74. The highest BCUT2D eigenvalue weighted by molar-refractivity contribution is 6.01. The molecule has 1 fully saturated rings. The Morgan fingerprint density at radius 3 is 2.95 bits per heavy atom.